The Labute approximate surface area is 116 Å². The molecule has 102 valence electrons. The number of carbonyl (C=O) groups excluding carboxylic acids is 1. The van der Waals surface area contributed by atoms with Crippen LogP contribution >= 0.6 is 0 Å². The van der Waals surface area contributed by atoms with Crippen LogP contribution in [0.15, 0.2) is 42.7 Å². The van der Waals surface area contributed by atoms with Crippen LogP contribution in [0, 0.1) is 0 Å². The minimum atomic E-state index is -0.0331. The van der Waals surface area contributed by atoms with Gasteiger partial charge < -0.3 is 14.8 Å². The van der Waals surface area contributed by atoms with Crippen molar-refractivity contribution in [2.45, 2.75) is 13.0 Å². The summed E-state index contributed by atoms with van der Waals surface area (Å²) < 4.78 is 11.2. The van der Waals surface area contributed by atoms with E-state index in [0.717, 1.165) is 5.56 Å². The molecular weight excluding hydrogens is 256 g/mol. The highest BCUT2D eigenvalue weighted by atomic mass is 16.5. The molecule has 1 aliphatic rings. The molecule has 20 heavy (non-hydrogen) atoms. The topological polar surface area (TPSA) is 60.5 Å². The molecule has 0 fully saturated rings. The van der Waals surface area contributed by atoms with Crippen molar-refractivity contribution in [2.75, 3.05) is 11.9 Å². The number of nitrogens with one attached hydrogen (secondary N) is 1. The summed E-state index contributed by atoms with van der Waals surface area (Å²) in [5, 5.41) is 2.80. The van der Waals surface area contributed by atoms with E-state index < -0.39 is 0 Å². The molecule has 0 bridgehead atoms. The molecule has 1 amide bonds. The lowest BCUT2D eigenvalue weighted by Crippen LogP contribution is -2.10. The zero-order valence-electron chi connectivity index (χ0n) is 10.8. The number of anilines is 1. The van der Waals surface area contributed by atoms with E-state index in [1.54, 1.807) is 24.5 Å². The second-order valence-electron chi connectivity index (χ2n) is 4.45. The van der Waals surface area contributed by atoms with E-state index in [4.69, 9.17) is 9.47 Å². The van der Waals surface area contributed by atoms with Gasteiger partial charge in [0.25, 0.3) is 0 Å². The standard InChI is InChI=1S/C15H14N2O3/c18-15-5-8-19-14-9-12(1-2-13(14)17-15)20-10-11-3-6-16-7-4-11/h1-4,6-7,9H,5,8,10H2,(H,17,18). The number of hydrogen-bond donors (Lipinski definition) is 1. The Balaban J connectivity index is 1.72. The molecule has 0 radical (unpaired) electrons. The molecular formula is C15H14N2O3. The molecule has 1 aromatic carbocycles. The molecule has 0 atom stereocenters. The van der Waals surface area contributed by atoms with Crippen LogP contribution in [0.1, 0.15) is 12.0 Å². The van der Waals surface area contributed by atoms with Crippen LogP contribution in [-0.4, -0.2) is 17.5 Å². The molecule has 1 N–H and O–H groups in total. The van der Waals surface area contributed by atoms with Crippen molar-refractivity contribution in [3.05, 3.63) is 48.3 Å². The summed E-state index contributed by atoms with van der Waals surface area (Å²) in [7, 11) is 0. The Morgan fingerprint density at radius 2 is 2.10 bits per heavy atom. The molecule has 0 unspecified atom stereocenters. The van der Waals surface area contributed by atoms with E-state index in [0.29, 0.717) is 36.8 Å². The molecule has 5 nitrogen and oxygen atoms in total. The first-order valence-corrected chi connectivity index (χ1v) is 6.40. The lowest BCUT2D eigenvalue weighted by atomic mass is 10.2. The summed E-state index contributed by atoms with van der Waals surface area (Å²) in [5.74, 6) is 1.31. The lowest BCUT2D eigenvalue weighted by Gasteiger charge is -2.10. The third-order valence-corrected chi connectivity index (χ3v) is 2.97. The number of rotatable bonds is 3. The first-order chi connectivity index (χ1) is 9.81. The van der Waals surface area contributed by atoms with Crippen molar-refractivity contribution in [2.24, 2.45) is 0 Å². The second-order valence-corrected chi connectivity index (χ2v) is 4.45. The summed E-state index contributed by atoms with van der Waals surface area (Å²) in [6.45, 7) is 0.848. The normalized spacial score (nSPS) is 13.7. The number of nitrogens with zero attached hydrogens (tertiary/aromatic N) is 1. The maximum absolute atomic E-state index is 11.4. The molecule has 1 aromatic heterocycles. The van der Waals surface area contributed by atoms with Crippen LogP contribution in [0.25, 0.3) is 0 Å². The van der Waals surface area contributed by atoms with Crippen LogP contribution in [0.4, 0.5) is 5.69 Å². The molecule has 0 aliphatic carbocycles. The monoisotopic (exact) mass is 270 g/mol. The fourth-order valence-electron chi connectivity index (χ4n) is 1.93. The van der Waals surface area contributed by atoms with Crippen molar-refractivity contribution < 1.29 is 14.3 Å². The van der Waals surface area contributed by atoms with Gasteiger partial charge in [-0.3, -0.25) is 9.78 Å². The van der Waals surface area contributed by atoms with Crippen molar-refractivity contribution in [1.82, 2.24) is 4.98 Å². The number of aromatic nitrogens is 1. The smallest absolute Gasteiger partial charge is 0.227 e. The highest BCUT2D eigenvalue weighted by Crippen LogP contribution is 2.31. The van der Waals surface area contributed by atoms with Crippen LogP contribution in [0.2, 0.25) is 0 Å². The maximum Gasteiger partial charge on any atom is 0.227 e. The van der Waals surface area contributed by atoms with Gasteiger partial charge in [0, 0.05) is 18.5 Å². The predicted molar refractivity (Wildman–Crippen MR) is 73.8 cm³/mol. The molecule has 0 saturated carbocycles. The zero-order valence-corrected chi connectivity index (χ0v) is 10.8. The molecule has 0 saturated heterocycles. The molecule has 3 rings (SSSR count). The first-order valence-electron chi connectivity index (χ1n) is 6.40. The number of pyridine rings is 1. The molecule has 0 spiro atoms. The Kier molecular flexibility index (Phi) is 3.50. The van der Waals surface area contributed by atoms with E-state index in [9.17, 15) is 4.79 Å². The van der Waals surface area contributed by atoms with E-state index in [1.807, 2.05) is 18.2 Å². The van der Waals surface area contributed by atoms with E-state index in [2.05, 4.69) is 10.3 Å². The van der Waals surface area contributed by atoms with Crippen LogP contribution < -0.4 is 14.8 Å². The molecule has 2 aromatic rings. The predicted octanol–water partition coefficient (Wildman–Crippen LogP) is 2.38. The highest BCUT2D eigenvalue weighted by Gasteiger charge is 2.14. The van der Waals surface area contributed by atoms with Crippen LogP contribution in [0.3, 0.4) is 0 Å². The van der Waals surface area contributed by atoms with Gasteiger partial charge in [-0.2, -0.15) is 0 Å². The summed E-state index contributed by atoms with van der Waals surface area (Å²) >= 11 is 0. The fraction of sp³-hybridized carbons (Fsp3) is 0.200. The lowest BCUT2D eigenvalue weighted by molar-refractivity contribution is -0.116. The molecule has 1 aliphatic heterocycles. The minimum Gasteiger partial charge on any atom is -0.491 e. The van der Waals surface area contributed by atoms with Gasteiger partial charge in [0.05, 0.1) is 18.7 Å². The summed E-state index contributed by atoms with van der Waals surface area (Å²) in [6.07, 6.45) is 3.82. The van der Waals surface area contributed by atoms with Gasteiger partial charge in [-0.1, -0.05) is 0 Å². The largest absolute Gasteiger partial charge is 0.491 e. The third kappa shape index (κ3) is 2.88. The third-order valence-electron chi connectivity index (χ3n) is 2.97. The van der Waals surface area contributed by atoms with Crippen molar-refractivity contribution in [1.29, 1.82) is 0 Å². The van der Waals surface area contributed by atoms with E-state index >= 15 is 0 Å². The highest BCUT2D eigenvalue weighted by molar-refractivity contribution is 5.93. The summed E-state index contributed by atoms with van der Waals surface area (Å²) in [4.78, 5) is 15.4. The maximum atomic E-state index is 11.4. The van der Waals surface area contributed by atoms with Crippen molar-refractivity contribution in [3.8, 4) is 11.5 Å². The second kappa shape index (κ2) is 5.61. The molecule has 2 heterocycles. The van der Waals surface area contributed by atoms with Crippen LogP contribution in [-0.2, 0) is 11.4 Å². The van der Waals surface area contributed by atoms with Gasteiger partial charge in [-0.15, -0.1) is 0 Å². The number of ether oxygens (including phenoxy) is 2. The van der Waals surface area contributed by atoms with Gasteiger partial charge in [0.1, 0.15) is 18.1 Å². The Hall–Kier alpha value is -2.56. The van der Waals surface area contributed by atoms with Crippen LogP contribution in [0.5, 0.6) is 11.5 Å². The van der Waals surface area contributed by atoms with Gasteiger partial charge in [0.15, 0.2) is 0 Å². The zero-order chi connectivity index (χ0) is 13.8. The average molecular weight is 270 g/mol. The first kappa shape index (κ1) is 12.5. The Morgan fingerprint density at radius 1 is 1.25 bits per heavy atom. The van der Waals surface area contributed by atoms with Gasteiger partial charge >= 0.3 is 0 Å². The van der Waals surface area contributed by atoms with E-state index in [-0.39, 0.29) is 5.91 Å². The van der Waals surface area contributed by atoms with Crippen molar-refractivity contribution >= 4 is 11.6 Å². The quantitative estimate of drug-likeness (QED) is 0.930. The SMILES string of the molecule is O=C1CCOc2cc(OCc3ccncc3)ccc2N1. The van der Waals surface area contributed by atoms with E-state index in [1.165, 1.54) is 0 Å². The number of amides is 1. The van der Waals surface area contributed by atoms with Crippen molar-refractivity contribution in [3.63, 3.8) is 0 Å². The number of fused-ring (bicyclic) bond motifs is 1. The minimum absolute atomic E-state index is 0.0331. The molecule has 5 heteroatoms. The number of benzene rings is 1. The average Bonchev–Trinajstić information content (AvgIpc) is 2.66. The van der Waals surface area contributed by atoms with Gasteiger partial charge in [-0.25, -0.2) is 0 Å². The summed E-state index contributed by atoms with van der Waals surface area (Å²) in [5.41, 5.74) is 1.73. The number of carbonyl (C=O) groups is 1. The Morgan fingerprint density at radius 3 is 2.95 bits per heavy atom. The number of hydrogen-bond acceptors (Lipinski definition) is 4. The summed E-state index contributed by atoms with van der Waals surface area (Å²) in [6, 6.07) is 9.21. The van der Waals surface area contributed by atoms with Gasteiger partial charge in [-0.05, 0) is 29.8 Å². The van der Waals surface area contributed by atoms with Gasteiger partial charge in [0.2, 0.25) is 5.91 Å². The Bertz CT molecular complexity index is 614. The fourth-order valence-corrected chi connectivity index (χ4v) is 1.93.